The molecule has 0 bridgehead atoms. The molecule has 24 heavy (non-hydrogen) atoms. The second-order valence-electron chi connectivity index (χ2n) is 7.35. The Balaban J connectivity index is 1.91. The zero-order valence-electron chi connectivity index (χ0n) is 14.2. The molecule has 2 aromatic heterocycles. The SMILES string of the molecule is Cc1c(Br)c(=O)n(C2CCCC2)c2nc(C3CCCCC3)ncc12. The first kappa shape index (κ1) is 16.2. The average molecular weight is 390 g/mol. The molecule has 2 heterocycles. The minimum absolute atomic E-state index is 0.0696. The van der Waals surface area contributed by atoms with Gasteiger partial charge < -0.3 is 0 Å². The quantitative estimate of drug-likeness (QED) is 0.723. The second kappa shape index (κ2) is 6.58. The van der Waals surface area contributed by atoms with Gasteiger partial charge in [-0.15, -0.1) is 0 Å². The van der Waals surface area contributed by atoms with Gasteiger partial charge in [0.2, 0.25) is 0 Å². The van der Waals surface area contributed by atoms with Crippen LogP contribution in [0.1, 0.15) is 81.1 Å². The summed E-state index contributed by atoms with van der Waals surface area (Å²) in [6.07, 6.45) is 12.7. The summed E-state index contributed by atoms with van der Waals surface area (Å²) in [5, 5.41) is 1.01. The molecule has 0 amide bonds. The van der Waals surface area contributed by atoms with Crippen molar-refractivity contribution in [3.63, 3.8) is 0 Å². The number of aryl methyl sites for hydroxylation is 1. The molecule has 2 aromatic rings. The van der Waals surface area contributed by atoms with E-state index in [4.69, 9.17) is 4.98 Å². The van der Waals surface area contributed by atoms with Gasteiger partial charge in [0.05, 0.1) is 4.47 Å². The molecule has 0 atom stereocenters. The van der Waals surface area contributed by atoms with Crippen molar-refractivity contribution in [3.05, 3.63) is 32.4 Å². The summed E-state index contributed by atoms with van der Waals surface area (Å²) in [5.41, 5.74) is 1.88. The topological polar surface area (TPSA) is 47.8 Å². The minimum atomic E-state index is 0.0696. The highest BCUT2D eigenvalue weighted by Gasteiger charge is 2.25. The van der Waals surface area contributed by atoms with Gasteiger partial charge in [0.15, 0.2) is 0 Å². The molecule has 2 aliphatic rings. The van der Waals surface area contributed by atoms with Crippen molar-refractivity contribution >= 4 is 27.0 Å². The maximum Gasteiger partial charge on any atom is 0.267 e. The number of aromatic nitrogens is 3. The molecule has 4 nitrogen and oxygen atoms in total. The summed E-state index contributed by atoms with van der Waals surface area (Å²) >= 11 is 3.50. The second-order valence-corrected chi connectivity index (χ2v) is 8.15. The van der Waals surface area contributed by atoms with Crippen LogP contribution in [0.5, 0.6) is 0 Å². The molecule has 0 N–H and O–H groups in total. The molecule has 0 aliphatic heterocycles. The van der Waals surface area contributed by atoms with E-state index in [2.05, 4.69) is 20.9 Å². The van der Waals surface area contributed by atoms with Crippen molar-refractivity contribution < 1.29 is 0 Å². The molecule has 0 aromatic carbocycles. The highest BCUT2D eigenvalue weighted by molar-refractivity contribution is 9.10. The van der Waals surface area contributed by atoms with Crippen LogP contribution in [0.3, 0.4) is 0 Å². The fourth-order valence-electron chi connectivity index (χ4n) is 4.37. The monoisotopic (exact) mass is 389 g/mol. The molecule has 2 fully saturated rings. The summed E-state index contributed by atoms with van der Waals surface area (Å²) < 4.78 is 2.61. The number of rotatable bonds is 2. The molecule has 0 unspecified atom stereocenters. The number of pyridine rings is 1. The van der Waals surface area contributed by atoms with Crippen LogP contribution < -0.4 is 5.56 Å². The van der Waals surface area contributed by atoms with Crippen LogP contribution >= 0.6 is 15.9 Å². The Hall–Kier alpha value is -1.23. The average Bonchev–Trinajstić information content (AvgIpc) is 3.14. The van der Waals surface area contributed by atoms with Gasteiger partial charge >= 0.3 is 0 Å². The zero-order valence-corrected chi connectivity index (χ0v) is 15.8. The molecule has 128 valence electrons. The molecule has 0 radical (unpaired) electrons. The predicted molar refractivity (Wildman–Crippen MR) is 99.6 cm³/mol. The fourth-order valence-corrected chi connectivity index (χ4v) is 4.78. The molecular weight excluding hydrogens is 366 g/mol. The molecule has 4 rings (SSSR count). The summed E-state index contributed by atoms with van der Waals surface area (Å²) in [6.45, 7) is 1.98. The van der Waals surface area contributed by atoms with Gasteiger partial charge in [-0.1, -0.05) is 32.1 Å². The third-order valence-electron chi connectivity index (χ3n) is 5.82. The highest BCUT2D eigenvalue weighted by Crippen LogP contribution is 2.34. The first-order valence-corrected chi connectivity index (χ1v) is 10.0. The minimum Gasteiger partial charge on any atom is -0.288 e. The lowest BCUT2D eigenvalue weighted by atomic mass is 9.88. The van der Waals surface area contributed by atoms with E-state index in [1.165, 1.54) is 44.9 Å². The van der Waals surface area contributed by atoms with E-state index in [9.17, 15) is 4.79 Å². The summed E-state index contributed by atoms with van der Waals surface area (Å²) in [7, 11) is 0. The van der Waals surface area contributed by atoms with Crippen LogP contribution in [-0.4, -0.2) is 14.5 Å². The Morgan fingerprint density at radius 1 is 1.08 bits per heavy atom. The van der Waals surface area contributed by atoms with E-state index in [0.717, 1.165) is 35.3 Å². The number of halogens is 1. The van der Waals surface area contributed by atoms with E-state index in [0.29, 0.717) is 10.4 Å². The predicted octanol–water partition coefficient (Wildman–Crippen LogP) is 5.03. The first-order chi connectivity index (χ1) is 11.7. The van der Waals surface area contributed by atoms with Crippen LogP contribution in [0.2, 0.25) is 0 Å². The van der Waals surface area contributed by atoms with Crippen LogP contribution in [0, 0.1) is 6.92 Å². The van der Waals surface area contributed by atoms with Gasteiger partial charge in [-0.25, -0.2) is 9.97 Å². The van der Waals surface area contributed by atoms with Crippen molar-refractivity contribution in [1.29, 1.82) is 0 Å². The van der Waals surface area contributed by atoms with E-state index in [1.807, 2.05) is 17.7 Å². The standard InChI is InChI=1S/C19H24BrN3O/c1-12-15-11-21-17(13-7-3-2-4-8-13)22-18(15)23(19(24)16(12)20)14-9-5-6-10-14/h11,13-14H,2-10H2,1H3. The van der Waals surface area contributed by atoms with Crippen LogP contribution in [0.4, 0.5) is 0 Å². The largest absolute Gasteiger partial charge is 0.288 e. The lowest BCUT2D eigenvalue weighted by molar-refractivity contribution is 0.428. The summed E-state index contributed by atoms with van der Waals surface area (Å²) in [6, 6.07) is 0.283. The van der Waals surface area contributed by atoms with E-state index in [-0.39, 0.29) is 11.6 Å². The smallest absolute Gasteiger partial charge is 0.267 e. The Morgan fingerprint density at radius 3 is 2.46 bits per heavy atom. The van der Waals surface area contributed by atoms with E-state index >= 15 is 0 Å². The van der Waals surface area contributed by atoms with Gasteiger partial charge in [-0.3, -0.25) is 9.36 Å². The van der Waals surface area contributed by atoms with Crippen molar-refractivity contribution in [2.75, 3.05) is 0 Å². The molecule has 2 saturated carbocycles. The van der Waals surface area contributed by atoms with Gasteiger partial charge in [0, 0.05) is 23.5 Å². The lowest BCUT2D eigenvalue weighted by Gasteiger charge is -2.22. The number of nitrogens with zero attached hydrogens (tertiary/aromatic N) is 3. The van der Waals surface area contributed by atoms with Gasteiger partial charge in [0.1, 0.15) is 11.5 Å². The van der Waals surface area contributed by atoms with Crippen molar-refractivity contribution in [1.82, 2.24) is 14.5 Å². The van der Waals surface area contributed by atoms with Gasteiger partial charge in [-0.05, 0) is 54.1 Å². The Kier molecular flexibility index (Phi) is 4.46. The summed E-state index contributed by atoms with van der Waals surface area (Å²) in [4.78, 5) is 22.6. The number of fused-ring (bicyclic) bond motifs is 1. The van der Waals surface area contributed by atoms with Crippen molar-refractivity contribution in [3.8, 4) is 0 Å². The van der Waals surface area contributed by atoms with Crippen molar-refractivity contribution in [2.45, 2.75) is 76.7 Å². The summed E-state index contributed by atoms with van der Waals surface area (Å²) in [5.74, 6) is 1.40. The normalized spacial score (nSPS) is 20.1. The van der Waals surface area contributed by atoms with Gasteiger partial charge in [-0.2, -0.15) is 0 Å². The first-order valence-electron chi connectivity index (χ1n) is 9.24. The van der Waals surface area contributed by atoms with Crippen LogP contribution in [0.25, 0.3) is 11.0 Å². The Labute approximate surface area is 150 Å². The zero-order chi connectivity index (χ0) is 16.7. The highest BCUT2D eigenvalue weighted by atomic mass is 79.9. The molecule has 2 aliphatic carbocycles. The molecule has 0 saturated heterocycles. The molecule has 5 heteroatoms. The van der Waals surface area contributed by atoms with Gasteiger partial charge in [0.25, 0.3) is 5.56 Å². The third kappa shape index (κ3) is 2.71. The van der Waals surface area contributed by atoms with Crippen LogP contribution in [-0.2, 0) is 0 Å². The third-order valence-corrected chi connectivity index (χ3v) is 6.75. The fraction of sp³-hybridized carbons (Fsp3) is 0.632. The molecule has 0 spiro atoms. The maximum atomic E-state index is 12.9. The number of hydrogen-bond acceptors (Lipinski definition) is 3. The molecular formula is C19H24BrN3O. The Morgan fingerprint density at radius 2 is 1.75 bits per heavy atom. The maximum absolute atomic E-state index is 12.9. The Bertz CT molecular complexity index is 817. The van der Waals surface area contributed by atoms with Crippen molar-refractivity contribution in [2.24, 2.45) is 0 Å². The lowest BCUT2D eigenvalue weighted by Crippen LogP contribution is -2.26. The van der Waals surface area contributed by atoms with E-state index < -0.39 is 0 Å². The van der Waals surface area contributed by atoms with E-state index in [1.54, 1.807) is 0 Å². The number of hydrogen-bond donors (Lipinski definition) is 0. The van der Waals surface area contributed by atoms with Crippen LogP contribution in [0.15, 0.2) is 15.5 Å².